The minimum Gasteiger partial charge on any atom is -0.389 e. The van der Waals surface area contributed by atoms with Crippen LogP contribution < -0.4 is 10.3 Å². The quantitative estimate of drug-likeness (QED) is 0.662. The van der Waals surface area contributed by atoms with Crippen LogP contribution in [0.25, 0.3) is 11.0 Å². The van der Waals surface area contributed by atoms with Crippen molar-refractivity contribution in [2.24, 2.45) is 5.41 Å². The third-order valence-electron chi connectivity index (χ3n) is 3.68. The van der Waals surface area contributed by atoms with Crippen molar-refractivity contribution in [2.75, 3.05) is 5.73 Å². The molecule has 0 unspecified atom stereocenters. The van der Waals surface area contributed by atoms with Crippen molar-refractivity contribution < 1.29 is 9.67 Å². The summed E-state index contributed by atoms with van der Waals surface area (Å²) in [5.74, 6) is 0.648. The highest BCUT2D eigenvalue weighted by Gasteiger charge is 2.28. The zero-order valence-corrected chi connectivity index (χ0v) is 12.5. The molecule has 0 aliphatic rings. The van der Waals surface area contributed by atoms with Gasteiger partial charge in [0.25, 0.3) is 0 Å². The van der Waals surface area contributed by atoms with Gasteiger partial charge in [-0.25, -0.2) is 9.13 Å². The number of hydrogen-bond donors (Lipinski definition) is 2. The first-order chi connectivity index (χ1) is 9.36. The molecule has 1 heterocycles. The minimum atomic E-state index is -0.460. The molecule has 4 nitrogen and oxygen atoms in total. The lowest BCUT2D eigenvalue weighted by atomic mass is 9.89. The predicted octanol–water partition coefficient (Wildman–Crippen LogP) is 2.10. The number of benzene rings is 1. The molecule has 0 aliphatic heterocycles. The van der Waals surface area contributed by atoms with Crippen molar-refractivity contribution in [1.82, 2.24) is 4.57 Å². The van der Waals surface area contributed by atoms with Crippen LogP contribution in [0.5, 0.6) is 0 Å². The molecule has 0 spiro atoms. The summed E-state index contributed by atoms with van der Waals surface area (Å²) >= 11 is 0. The van der Waals surface area contributed by atoms with Gasteiger partial charge >= 0.3 is 5.95 Å². The van der Waals surface area contributed by atoms with E-state index < -0.39 is 6.10 Å². The molecule has 0 saturated carbocycles. The van der Waals surface area contributed by atoms with Crippen molar-refractivity contribution in [2.45, 2.75) is 40.0 Å². The fourth-order valence-corrected chi connectivity index (χ4v) is 2.27. The zero-order valence-electron chi connectivity index (χ0n) is 12.5. The first-order valence-electron chi connectivity index (χ1n) is 6.91. The average molecular weight is 274 g/mol. The summed E-state index contributed by atoms with van der Waals surface area (Å²) in [4.78, 5) is 0. The highest BCUT2D eigenvalue weighted by Crippen LogP contribution is 2.21. The summed E-state index contributed by atoms with van der Waals surface area (Å²) in [5, 5.41) is 10.4. The molecule has 108 valence electrons. The number of allylic oxidation sites excluding steroid dienone is 1. The molecule has 20 heavy (non-hydrogen) atoms. The van der Waals surface area contributed by atoms with E-state index in [1.165, 1.54) is 0 Å². The predicted molar refractivity (Wildman–Crippen MR) is 82.2 cm³/mol. The van der Waals surface area contributed by atoms with Gasteiger partial charge in [0, 0.05) is 0 Å². The van der Waals surface area contributed by atoms with Crippen LogP contribution in [0.1, 0.15) is 20.8 Å². The van der Waals surface area contributed by atoms with E-state index >= 15 is 0 Å². The van der Waals surface area contributed by atoms with Crippen LogP contribution in [-0.4, -0.2) is 15.8 Å². The van der Waals surface area contributed by atoms with Gasteiger partial charge in [-0.1, -0.05) is 45.6 Å². The van der Waals surface area contributed by atoms with Crippen molar-refractivity contribution in [3.05, 3.63) is 36.9 Å². The molecule has 1 atom stereocenters. The van der Waals surface area contributed by atoms with Crippen LogP contribution in [0.15, 0.2) is 36.9 Å². The Balaban J connectivity index is 2.53. The minimum absolute atomic E-state index is 0.179. The maximum Gasteiger partial charge on any atom is 0.356 e. The van der Waals surface area contributed by atoms with E-state index in [2.05, 4.69) is 6.58 Å². The molecule has 1 aromatic carbocycles. The molecular formula is C16H24N3O+. The number of aliphatic hydroxyl groups excluding tert-OH is 1. The van der Waals surface area contributed by atoms with E-state index in [0.717, 1.165) is 11.0 Å². The van der Waals surface area contributed by atoms with Gasteiger partial charge in [-0.2, -0.15) is 0 Å². The van der Waals surface area contributed by atoms with Crippen LogP contribution in [0.4, 0.5) is 5.95 Å². The second kappa shape index (κ2) is 5.29. The number of anilines is 1. The van der Waals surface area contributed by atoms with E-state index in [-0.39, 0.29) is 5.41 Å². The molecule has 2 rings (SSSR count). The van der Waals surface area contributed by atoms with Gasteiger partial charge in [0.1, 0.15) is 11.0 Å². The van der Waals surface area contributed by atoms with Gasteiger partial charge in [-0.15, -0.1) is 0 Å². The molecule has 0 bridgehead atoms. The van der Waals surface area contributed by atoms with E-state index in [4.69, 9.17) is 5.73 Å². The Kier molecular flexibility index (Phi) is 3.86. The van der Waals surface area contributed by atoms with Gasteiger partial charge in [0.15, 0.2) is 0 Å². The summed E-state index contributed by atoms with van der Waals surface area (Å²) in [6, 6.07) is 8.04. The first-order valence-corrected chi connectivity index (χ1v) is 6.91. The van der Waals surface area contributed by atoms with Crippen LogP contribution >= 0.6 is 0 Å². The number of aliphatic hydroxyl groups is 1. The molecule has 0 radical (unpaired) electrons. The normalized spacial score (nSPS) is 13.6. The average Bonchev–Trinajstić information content (AvgIpc) is 2.64. The highest BCUT2D eigenvalue weighted by atomic mass is 16.3. The molecule has 0 saturated heterocycles. The summed E-state index contributed by atoms with van der Waals surface area (Å²) in [7, 11) is 0. The van der Waals surface area contributed by atoms with E-state index in [9.17, 15) is 5.11 Å². The topological polar surface area (TPSA) is 55.1 Å². The molecular weight excluding hydrogens is 250 g/mol. The van der Waals surface area contributed by atoms with Crippen LogP contribution in [0.2, 0.25) is 0 Å². The van der Waals surface area contributed by atoms with Crippen LogP contribution in [0.3, 0.4) is 0 Å². The maximum atomic E-state index is 10.4. The first kappa shape index (κ1) is 14.6. The van der Waals surface area contributed by atoms with Crippen molar-refractivity contribution >= 4 is 17.0 Å². The number of nitrogens with zero attached hydrogens (tertiary/aromatic N) is 2. The van der Waals surface area contributed by atoms with E-state index in [1.54, 1.807) is 0 Å². The lowest BCUT2D eigenvalue weighted by Gasteiger charge is -2.24. The number of rotatable bonds is 4. The number of nitrogen functional groups attached to an aromatic ring is 1. The number of fused-ring (bicyclic) bond motifs is 1. The smallest absolute Gasteiger partial charge is 0.356 e. The fourth-order valence-electron chi connectivity index (χ4n) is 2.27. The third kappa shape index (κ3) is 2.56. The molecule has 2 aromatic rings. The third-order valence-corrected chi connectivity index (χ3v) is 3.68. The van der Waals surface area contributed by atoms with E-state index in [0.29, 0.717) is 19.0 Å². The molecule has 0 aliphatic carbocycles. The summed E-state index contributed by atoms with van der Waals surface area (Å²) < 4.78 is 3.99. The SMILES string of the molecule is C=CCn1c(N)[n+](C[C@H](O)C(C)(C)C)c2ccccc21. The fraction of sp³-hybridized carbons (Fsp3) is 0.438. The second-order valence-electron chi connectivity index (χ2n) is 6.24. The van der Waals surface area contributed by atoms with Gasteiger partial charge in [-0.3, -0.25) is 5.73 Å². The molecule has 1 aromatic heterocycles. The number of hydrogen-bond acceptors (Lipinski definition) is 2. The van der Waals surface area contributed by atoms with Crippen molar-refractivity contribution in [3.8, 4) is 0 Å². The lowest BCUT2D eigenvalue weighted by Crippen LogP contribution is -2.46. The zero-order chi connectivity index (χ0) is 14.9. The molecule has 0 fully saturated rings. The number of para-hydroxylation sites is 2. The van der Waals surface area contributed by atoms with Crippen LogP contribution in [0, 0.1) is 5.41 Å². The Labute approximate surface area is 120 Å². The number of aromatic nitrogens is 2. The Morgan fingerprint density at radius 3 is 2.65 bits per heavy atom. The van der Waals surface area contributed by atoms with Crippen molar-refractivity contribution in [1.29, 1.82) is 0 Å². The monoisotopic (exact) mass is 274 g/mol. The van der Waals surface area contributed by atoms with Gasteiger partial charge in [0.05, 0.1) is 19.2 Å². The molecule has 0 amide bonds. The Hall–Kier alpha value is -1.81. The van der Waals surface area contributed by atoms with Crippen LogP contribution in [-0.2, 0) is 13.1 Å². The standard InChI is InChI=1S/C16H23N3O/c1-5-10-18-12-8-6-7-9-13(12)19(15(18)17)11-14(20)16(2,3)4/h5-9,14,17,20H,1,10-11H2,2-4H3/p+1/t14-/m0/s1. The molecule has 3 N–H and O–H groups in total. The van der Waals surface area contributed by atoms with E-state index in [1.807, 2.05) is 60.2 Å². The second-order valence-corrected chi connectivity index (χ2v) is 6.24. The Morgan fingerprint density at radius 1 is 1.40 bits per heavy atom. The van der Waals surface area contributed by atoms with Gasteiger partial charge in [0.2, 0.25) is 0 Å². The van der Waals surface area contributed by atoms with Gasteiger partial charge < -0.3 is 5.11 Å². The highest BCUT2D eigenvalue weighted by molar-refractivity contribution is 5.73. The van der Waals surface area contributed by atoms with Gasteiger partial charge in [-0.05, 0) is 17.5 Å². The summed E-state index contributed by atoms with van der Waals surface area (Å²) in [5.41, 5.74) is 8.18. The Morgan fingerprint density at radius 2 is 2.05 bits per heavy atom. The Bertz CT molecular complexity index is 622. The molecule has 4 heteroatoms. The lowest BCUT2D eigenvalue weighted by molar-refractivity contribution is -0.667. The largest absolute Gasteiger partial charge is 0.389 e. The maximum absolute atomic E-state index is 10.4. The summed E-state index contributed by atoms with van der Waals surface area (Å²) in [6.45, 7) is 11.0. The number of nitrogens with two attached hydrogens (primary N) is 1. The number of imidazole rings is 1. The van der Waals surface area contributed by atoms with Crippen molar-refractivity contribution in [3.63, 3.8) is 0 Å². The summed E-state index contributed by atoms with van der Waals surface area (Å²) in [6.07, 6.45) is 1.37.